The lowest BCUT2D eigenvalue weighted by Gasteiger charge is -2.19. The van der Waals surface area contributed by atoms with Gasteiger partial charge >= 0.3 is 6.09 Å². The van der Waals surface area contributed by atoms with Crippen molar-refractivity contribution in [2.75, 3.05) is 18.4 Å². The number of nitro groups is 1. The molecule has 3 N–H and O–H groups in total. The topological polar surface area (TPSA) is 177 Å². The normalized spacial score (nSPS) is 12.6. The van der Waals surface area contributed by atoms with E-state index in [1.807, 2.05) is 0 Å². The zero-order valence-electron chi connectivity index (χ0n) is 20.3. The van der Waals surface area contributed by atoms with Crippen LogP contribution in [-0.2, 0) is 20.9 Å². The number of nitrogens with one attached hydrogen (secondary N) is 3. The second-order valence-corrected chi connectivity index (χ2v) is 9.06. The van der Waals surface area contributed by atoms with Crippen molar-refractivity contribution in [2.45, 2.75) is 32.9 Å². The number of nitro benzene ring substituents is 1. The van der Waals surface area contributed by atoms with E-state index in [1.54, 1.807) is 45.0 Å². The summed E-state index contributed by atoms with van der Waals surface area (Å²) in [5.41, 5.74) is 0.0141. The van der Waals surface area contributed by atoms with Crippen LogP contribution < -0.4 is 16.0 Å². The number of hydrogen-bond donors (Lipinski definition) is 3. The molecule has 0 aromatic heterocycles. The summed E-state index contributed by atoms with van der Waals surface area (Å²) < 4.78 is 5.05. The lowest BCUT2D eigenvalue weighted by Crippen LogP contribution is -2.40. The molecule has 3 rings (SSSR count). The van der Waals surface area contributed by atoms with Gasteiger partial charge in [-0.1, -0.05) is 12.1 Å². The van der Waals surface area contributed by atoms with E-state index < -0.39 is 46.8 Å². The van der Waals surface area contributed by atoms with Gasteiger partial charge in [-0.2, -0.15) is 0 Å². The van der Waals surface area contributed by atoms with Crippen LogP contribution in [0.2, 0.25) is 0 Å². The molecule has 0 aliphatic carbocycles. The fourth-order valence-electron chi connectivity index (χ4n) is 3.31. The van der Waals surface area contributed by atoms with Crippen LogP contribution in [0.15, 0.2) is 42.5 Å². The van der Waals surface area contributed by atoms with Crippen molar-refractivity contribution in [1.82, 2.24) is 15.5 Å². The number of amides is 5. The molecule has 0 unspecified atom stereocenters. The van der Waals surface area contributed by atoms with Crippen LogP contribution in [0.1, 0.15) is 47.1 Å². The first kappa shape index (κ1) is 26.8. The first-order valence-electron chi connectivity index (χ1n) is 11.1. The molecule has 5 amide bonds. The third-order valence-electron chi connectivity index (χ3n) is 4.99. The summed E-state index contributed by atoms with van der Waals surface area (Å²) in [7, 11) is 0. The molecule has 1 aliphatic heterocycles. The molecule has 0 saturated carbocycles. The van der Waals surface area contributed by atoms with E-state index in [0.29, 0.717) is 11.3 Å². The van der Waals surface area contributed by atoms with Crippen molar-refractivity contribution in [3.8, 4) is 0 Å². The average Bonchev–Trinajstić information content (AvgIpc) is 3.05. The first-order valence-corrected chi connectivity index (χ1v) is 11.1. The second-order valence-electron chi connectivity index (χ2n) is 9.06. The van der Waals surface area contributed by atoms with Crippen LogP contribution >= 0.6 is 0 Å². The summed E-state index contributed by atoms with van der Waals surface area (Å²) in [6, 6.07) is 9.84. The summed E-state index contributed by atoms with van der Waals surface area (Å²) in [5.74, 6) is -2.54. The van der Waals surface area contributed by atoms with Crippen LogP contribution in [0, 0.1) is 10.1 Å². The lowest BCUT2D eigenvalue weighted by atomic mass is 10.1. The maximum Gasteiger partial charge on any atom is 0.408 e. The molecular weight excluding hydrogens is 486 g/mol. The van der Waals surface area contributed by atoms with Gasteiger partial charge in [0.05, 0.1) is 16.1 Å². The summed E-state index contributed by atoms with van der Waals surface area (Å²) in [6.45, 7) is 4.38. The molecule has 13 nitrogen and oxygen atoms in total. The molecule has 2 aromatic rings. The summed E-state index contributed by atoms with van der Waals surface area (Å²) in [5, 5.41) is 18.5. The Bertz CT molecular complexity index is 1270. The van der Waals surface area contributed by atoms with Gasteiger partial charge in [0.25, 0.3) is 17.5 Å². The molecule has 0 saturated heterocycles. The molecule has 194 valence electrons. The third-order valence-corrected chi connectivity index (χ3v) is 4.99. The van der Waals surface area contributed by atoms with Gasteiger partial charge in [0.1, 0.15) is 18.7 Å². The van der Waals surface area contributed by atoms with E-state index in [-0.39, 0.29) is 29.9 Å². The fourth-order valence-corrected chi connectivity index (χ4v) is 3.31. The van der Waals surface area contributed by atoms with Gasteiger partial charge in [0, 0.05) is 24.4 Å². The molecule has 2 aromatic carbocycles. The fraction of sp³-hybridized carbons (Fsp3) is 0.292. The van der Waals surface area contributed by atoms with Crippen molar-refractivity contribution >= 4 is 41.1 Å². The van der Waals surface area contributed by atoms with Gasteiger partial charge in [-0.25, -0.2) is 4.79 Å². The number of hydrogen-bond acceptors (Lipinski definition) is 8. The molecule has 0 atom stereocenters. The molecule has 0 spiro atoms. The predicted molar refractivity (Wildman–Crippen MR) is 130 cm³/mol. The standard InChI is InChI=1S/C24H25N5O8/c1-24(2,3)37-23(34)26-12-19(30)27-15-6-4-14(5-7-15)11-25-20(31)13-28-21(32)17-9-8-16(29(35)36)10-18(17)22(28)33/h4-10H,11-13H2,1-3H3,(H,25,31)(H,26,34)(H,27,30). The number of alkyl carbamates (subject to hydrolysis) is 1. The average molecular weight is 511 g/mol. The summed E-state index contributed by atoms with van der Waals surface area (Å²) in [4.78, 5) is 71.9. The Kier molecular flexibility index (Phi) is 7.85. The van der Waals surface area contributed by atoms with E-state index >= 15 is 0 Å². The number of benzene rings is 2. The van der Waals surface area contributed by atoms with Gasteiger partial charge in [0.15, 0.2) is 0 Å². The quantitative estimate of drug-likeness (QED) is 0.274. The van der Waals surface area contributed by atoms with Gasteiger partial charge in [0.2, 0.25) is 11.8 Å². The van der Waals surface area contributed by atoms with Crippen LogP contribution in [0.25, 0.3) is 0 Å². The molecule has 0 fully saturated rings. The van der Waals surface area contributed by atoms with Crippen molar-refractivity contribution < 1.29 is 33.6 Å². The van der Waals surface area contributed by atoms with E-state index in [1.165, 1.54) is 6.07 Å². The Morgan fingerprint density at radius 1 is 0.946 bits per heavy atom. The van der Waals surface area contributed by atoms with Gasteiger partial charge < -0.3 is 20.7 Å². The number of ether oxygens (including phenoxy) is 1. The van der Waals surface area contributed by atoms with Gasteiger partial charge in [-0.15, -0.1) is 0 Å². The van der Waals surface area contributed by atoms with E-state index in [0.717, 1.165) is 17.0 Å². The monoisotopic (exact) mass is 511 g/mol. The van der Waals surface area contributed by atoms with Crippen LogP contribution in [0.5, 0.6) is 0 Å². The highest BCUT2D eigenvalue weighted by Crippen LogP contribution is 2.26. The predicted octanol–water partition coefficient (Wildman–Crippen LogP) is 1.97. The highest BCUT2D eigenvalue weighted by molar-refractivity contribution is 6.22. The number of imide groups is 1. The largest absolute Gasteiger partial charge is 0.444 e. The third kappa shape index (κ3) is 7.10. The molecule has 13 heteroatoms. The van der Waals surface area contributed by atoms with E-state index in [2.05, 4.69) is 16.0 Å². The molecular formula is C24H25N5O8. The van der Waals surface area contributed by atoms with E-state index in [9.17, 15) is 34.1 Å². The minimum absolute atomic E-state index is 0.00216. The Morgan fingerprint density at radius 3 is 2.22 bits per heavy atom. The number of fused-ring (bicyclic) bond motifs is 1. The number of carbonyl (C=O) groups excluding carboxylic acids is 5. The Hall–Kier alpha value is -4.81. The number of nitrogens with zero attached hydrogens (tertiary/aromatic N) is 2. The second kappa shape index (κ2) is 10.8. The zero-order chi connectivity index (χ0) is 27.3. The number of carbonyl (C=O) groups is 5. The van der Waals surface area contributed by atoms with Crippen LogP contribution in [0.3, 0.4) is 0 Å². The van der Waals surface area contributed by atoms with E-state index in [4.69, 9.17) is 4.74 Å². The lowest BCUT2D eigenvalue weighted by molar-refractivity contribution is -0.384. The number of rotatable bonds is 8. The first-order chi connectivity index (χ1) is 17.3. The van der Waals surface area contributed by atoms with Crippen molar-refractivity contribution in [3.63, 3.8) is 0 Å². The minimum atomic E-state index is -0.778. The molecule has 1 aliphatic rings. The summed E-state index contributed by atoms with van der Waals surface area (Å²) >= 11 is 0. The van der Waals surface area contributed by atoms with Crippen LogP contribution in [0.4, 0.5) is 16.2 Å². The maximum absolute atomic E-state index is 12.5. The highest BCUT2D eigenvalue weighted by atomic mass is 16.6. The Labute approximate surface area is 211 Å². The van der Waals surface area contributed by atoms with Crippen molar-refractivity contribution in [3.05, 3.63) is 69.3 Å². The molecule has 0 bridgehead atoms. The van der Waals surface area contributed by atoms with Crippen LogP contribution in [-0.4, -0.2) is 58.2 Å². The van der Waals surface area contributed by atoms with Gasteiger partial charge in [-0.3, -0.25) is 34.2 Å². The SMILES string of the molecule is CC(C)(C)OC(=O)NCC(=O)Nc1ccc(CNC(=O)CN2C(=O)c3ccc([N+](=O)[O-])cc3C2=O)cc1. The zero-order valence-corrected chi connectivity index (χ0v) is 20.3. The highest BCUT2D eigenvalue weighted by Gasteiger charge is 2.37. The molecule has 1 heterocycles. The molecule has 37 heavy (non-hydrogen) atoms. The van der Waals surface area contributed by atoms with Gasteiger partial charge in [-0.05, 0) is 44.5 Å². The number of non-ortho nitro benzene ring substituents is 1. The number of anilines is 1. The minimum Gasteiger partial charge on any atom is -0.444 e. The Morgan fingerprint density at radius 2 is 1.59 bits per heavy atom. The van der Waals surface area contributed by atoms with Crippen molar-refractivity contribution in [1.29, 1.82) is 0 Å². The Balaban J connectivity index is 1.47. The van der Waals surface area contributed by atoms with Crippen molar-refractivity contribution in [2.24, 2.45) is 0 Å². The molecule has 0 radical (unpaired) electrons. The summed E-state index contributed by atoms with van der Waals surface area (Å²) in [6.07, 6.45) is -0.712. The maximum atomic E-state index is 12.5. The smallest absolute Gasteiger partial charge is 0.408 e.